The number of aromatic nitrogens is 2. The van der Waals surface area contributed by atoms with Gasteiger partial charge in [-0.15, -0.1) is 0 Å². The molecule has 0 saturated carbocycles. The molecule has 0 aliphatic carbocycles. The highest BCUT2D eigenvalue weighted by Crippen LogP contribution is 2.19. The molecular weight excluding hydrogens is 266 g/mol. The molecule has 0 spiro atoms. The third kappa shape index (κ3) is 2.97. The highest BCUT2D eigenvalue weighted by molar-refractivity contribution is 7.92. The van der Waals surface area contributed by atoms with E-state index in [1.165, 1.54) is 0 Å². The van der Waals surface area contributed by atoms with Crippen molar-refractivity contribution >= 4 is 15.7 Å². The first-order valence-corrected chi connectivity index (χ1v) is 8.16. The summed E-state index contributed by atoms with van der Waals surface area (Å²) in [7, 11) is -3.00. The average Bonchev–Trinajstić information content (AvgIpc) is 2.67. The van der Waals surface area contributed by atoms with E-state index in [4.69, 9.17) is 0 Å². The van der Waals surface area contributed by atoms with Crippen LogP contribution in [-0.2, 0) is 9.84 Å². The third-order valence-electron chi connectivity index (χ3n) is 3.38. The van der Waals surface area contributed by atoms with Crippen LogP contribution in [0.3, 0.4) is 0 Å². The second-order valence-electron chi connectivity index (χ2n) is 5.09. The minimum atomic E-state index is -3.00. The molecule has 1 N–H and O–H groups in total. The van der Waals surface area contributed by atoms with Gasteiger partial charge in [-0.25, -0.2) is 13.4 Å². The first-order chi connectivity index (χ1) is 8.92. The van der Waals surface area contributed by atoms with Gasteiger partial charge in [0.25, 0.3) is 5.56 Å². The lowest BCUT2D eigenvalue weighted by molar-refractivity contribution is 0.574. The number of hydrogen-bond donors (Lipinski definition) is 1. The zero-order valence-corrected chi connectivity index (χ0v) is 12.0. The van der Waals surface area contributed by atoms with Crippen molar-refractivity contribution in [3.8, 4) is 0 Å². The Morgan fingerprint density at radius 3 is 2.84 bits per heavy atom. The summed E-state index contributed by atoms with van der Waals surface area (Å²) in [6.45, 7) is 4.08. The van der Waals surface area contributed by atoms with Gasteiger partial charge in [0.2, 0.25) is 0 Å². The summed E-state index contributed by atoms with van der Waals surface area (Å²) in [6.07, 6.45) is 4.53. The normalized spacial score (nSPS) is 21.7. The number of nitrogens with one attached hydrogen (secondary N) is 1. The van der Waals surface area contributed by atoms with Gasteiger partial charge < -0.3 is 9.88 Å². The van der Waals surface area contributed by atoms with Gasteiger partial charge >= 0.3 is 0 Å². The van der Waals surface area contributed by atoms with E-state index in [1.807, 2.05) is 13.8 Å². The van der Waals surface area contributed by atoms with Gasteiger partial charge in [0, 0.05) is 25.0 Å². The number of rotatable bonds is 4. The van der Waals surface area contributed by atoms with E-state index in [9.17, 15) is 13.2 Å². The summed E-state index contributed by atoms with van der Waals surface area (Å²) in [5.74, 6) is 0.468. The maximum atomic E-state index is 12.1. The predicted molar refractivity (Wildman–Crippen MR) is 74.2 cm³/mol. The molecular formula is C12H19N3O3S. The van der Waals surface area contributed by atoms with Crippen molar-refractivity contribution in [1.82, 2.24) is 9.55 Å². The maximum Gasteiger partial charge on any atom is 0.293 e. The number of anilines is 1. The molecule has 0 aromatic carbocycles. The average molecular weight is 285 g/mol. The molecule has 19 heavy (non-hydrogen) atoms. The third-order valence-corrected chi connectivity index (χ3v) is 5.66. The summed E-state index contributed by atoms with van der Waals surface area (Å²) in [6, 6.07) is 0.0475. The molecule has 0 bridgehead atoms. The fourth-order valence-electron chi connectivity index (χ4n) is 2.25. The Morgan fingerprint density at radius 1 is 1.53 bits per heavy atom. The molecule has 1 fully saturated rings. The van der Waals surface area contributed by atoms with Gasteiger partial charge in [-0.1, -0.05) is 0 Å². The second-order valence-corrected chi connectivity index (χ2v) is 7.49. The molecule has 0 radical (unpaired) electrons. The van der Waals surface area contributed by atoms with E-state index in [0.29, 0.717) is 12.8 Å². The second kappa shape index (κ2) is 5.32. The van der Waals surface area contributed by atoms with Crippen molar-refractivity contribution in [2.24, 2.45) is 0 Å². The molecule has 7 heteroatoms. The molecule has 1 unspecified atom stereocenters. The Kier molecular flexibility index (Phi) is 3.93. The fraction of sp³-hybridized carbons (Fsp3) is 0.667. The lowest BCUT2D eigenvalue weighted by Gasteiger charge is -2.13. The zero-order chi connectivity index (χ0) is 14.0. The molecule has 2 rings (SSSR count). The molecule has 0 amide bonds. The molecule has 1 aromatic rings. The van der Waals surface area contributed by atoms with Crippen molar-refractivity contribution in [2.75, 3.05) is 17.6 Å². The minimum Gasteiger partial charge on any atom is -0.364 e. The van der Waals surface area contributed by atoms with Gasteiger partial charge in [0.05, 0.1) is 11.0 Å². The quantitative estimate of drug-likeness (QED) is 0.885. The van der Waals surface area contributed by atoms with Crippen LogP contribution in [-0.4, -0.2) is 35.5 Å². The van der Waals surface area contributed by atoms with Gasteiger partial charge in [-0.05, 0) is 26.7 Å². The van der Waals surface area contributed by atoms with E-state index in [2.05, 4.69) is 10.3 Å². The van der Waals surface area contributed by atoms with Crippen LogP contribution in [0.4, 0.5) is 5.82 Å². The lowest BCUT2D eigenvalue weighted by atomic mass is 10.2. The van der Waals surface area contributed by atoms with Crippen molar-refractivity contribution in [2.45, 2.75) is 38.0 Å². The molecule has 1 saturated heterocycles. The SMILES string of the molecule is CC(C)n1ccnc(NCC2CCCS2(=O)=O)c1=O. The molecule has 1 aliphatic rings. The predicted octanol–water partition coefficient (Wildman–Crippen LogP) is 0.813. The van der Waals surface area contributed by atoms with E-state index >= 15 is 0 Å². The molecule has 6 nitrogen and oxygen atoms in total. The highest BCUT2D eigenvalue weighted by Gasteiger charge is 2.31. The monoisotopic (exact) mass is 285 g/mol. The Morgan fingerprint density at radius 2 is 2.26 bits per heavy atom. The standard InChI is InChI=1S/C12H19N3O3S/c1-9(2)15-6-5-13-11(12(15)16)14-8-10-4-3-7-19(10,17)18/h5-6,9-10H,3-4,7-8H2,1-2H3,(H,13,14). The van der Waals surface area contributed by atoms with Crippen LogP contribution in [0, 0.1) is 0 Å². The van der Waals surface area contributed by atoms with Crippen LogP contribution in [0.25, 0.3) is 0 Å². The van der Waals surface area contributed by atoms with Crippen molar-refractivity contribution in [3.63, 3.8) is 0 Å². The fourth-order valence-corrected chi connectivity index (χ4v) is 4.02. The number of hydrogen-bond acceptors (Lipinski definition) is 5. The Bertz CT molecular complexity index is 607. The summed E-state index contributed by atoms with van der Waals surface area (Å²) in [4.78, 5) is 16.1. The first kappa shape index (κ1) is 14.0. The van der Waals surface area contributed by atoms with Crippen LogP contribution in [0.2, 0.25) is 0 Å². The Balaban J connectivity index is 2.13. The first-order valence-electron chi connectivity index (χ1n) is 6.44. The van der Waals surface area contributed by atoms with Crippen molar-refractivity contribution in [3.05, 3.63) is 22.7 Å². The number of nitrogens with zero attached hydrogens (tertiary/aromatic N) is 2. The summed E-state index contributed by atoms with van der Waals surface area (Å²) < 4.78 is 25.0. The minimum absolute atomic E-state index is 0.0475. The van der Waals surface area contributed by atoms with Crippen LogP contribution in [0.15, 0.2) is 17.2 Å². The number of sulfone groups is 1. The van der Waals surface area contributed by atoms with E-state index < -0.39 is 15.1 Å². The summed E-state index contributed by atoms with van der Waals surface area (Å²) >= 11 is 0. The molecule has 1 aromatic heterocycles. The smallest absolute Gasteiger partial charge is 0.293 e. The van der Waals surface area contributed by atoms with Crippen LogP contribution >= 0.6 is 0 Å². The van der Waals surface area contributed by atoms with Gasteiger partial charge in [0.15, 0.2) is 15.7 Å². The molecule has 2 heterocycles. The summed E-state index contributed by atoms with van der Waals surface area (Å²) in [5, 5.41) is 2.48. The van der Waals surface area contributed by atoms with Gasteiger partial charge in [-0.2, -0.15) is 0 Å². The van der Waals surface area contributed by atoms with Crippen LogP contribution in [0.1, 0.15) is 32.7 Å². The largest absolute Gasteiger partial charge is 0.364 e. The Labute approximate surface area is 112 Å². The van der Waals surface area contributed by atoms with Gasteiger partial charge in [-0.3, -0.25) is 4.79 Å². The van der Waals surface area contributed by atoms with Crippen LogP contribution < -0.4 is 10.9 Å². The molecule has 106 valence electrons. The topological polar surface area (TPSA) is 81.1 Å². The van der Waals surface area contributed by atoms with E-state index in [1.54, 1.807) is 17.0 Å². The zero-order valence-electron chi connectivity index (χ0n) is 11.2. The highest BCUT2D eigenvalue weighted by atomic mass is 32.2. The molecule has 1 aliphatic heterocycles. The Hall–Kier alpha value is -1.37. The lowest BCUT2D eigenvalue weighted by Crippen LogP contribution is -2.30. The van der Waals surface area contributed by atoms with Crippen LogP contribution in [0.5, 0.6) is 0 Å². The summed E-state index contributed by atoms with van der Waals surface area (Å²) in [5.41, 5.74) is -0.215. The van der Waals surface area contributed by atoms with Gasteiger partial charge in [0.1, 0.15) is 0 Å². The van der Waals surface area contributed by atoms with Crippen molar-refractivity contribution < 1.29 is 8.42 Å². The van der Waals surface area contributed by atoms with Crippen molar-refractivity contribution in [1.29, 1.82) is 0 Å². The van der Waals surface area contributed by atoms with E-state index in [-0.39, 0.29) is 29.7 Å². The van der Waals surface area contributed by atoms with E-state index in [0.717, 1.165) is 0 Å². The molecule has 1 atom stereocenters. The maximum absolute atomic E-state index is 12.1.